The molecule has 54 heavy (non-hydrogen) atoms. The largest absolute Gasteiger partial charge is 0.360 e. The molecule has 313 valence electrons. The van der Waals surface area contributed by atoms with Crippen molar-refractivity contribution in [2.24, 2.45) is 11.8 Å². The Bertz CT molecular complexity index is 1050. The summed E-state index contributed by atoms with van der Waals surface area (Å²) in [4.78, 5) is 14.8. The first-order chi connectivity index (χ1) is 25.2. The van der Waals surface area contributed by atoms with E-state index in [2.05, 4.69) is 134 Å². The maximum Gasteiger partial charge on any atom is 0.0492 e. The Kier molecular flexibility index (Phi) is 27.9. The number of likely N-dealkylation sites (tertiary alicyclic amines) is 3. The molecule has 1 aromatic rings. The van der Waals surface area contributed by atoms with Crippen molar-refractivity contribution in [1.82, 2.24) is 44.9 Å². The van der Waals surface area contributed by atoms with Crippen LogP contribution in [0.3, 0.4) is 0 Å². The number of aromatic nitrogens is 2. The first kappa shape index (κ1) is 51.8. The quantitative estimate of drug-likeness (QED) is 0.167. The Balaban J connectivity index is 0.000000360. The summed E-state index contributed by atoms with van der Waals surface area (Å²) in [5.74, 6) is 3.31. The Labute approximate surface area is 361 Å². The number of hydrogen-bond donors (Lipinski definition) is 2. The number of rotatable bonds is 13. The van der Waals surface area contributed by atoms with Gasteiger partial charge in [0.05, 0.1) is 0 Å². The molecule has 2 N–H and O–H groups in total. The van der Waals surface area contributed by atoms with E-state index in [-0.39, 0.29) is 32.7 Å². The number of nitrogens with zero attached hydrogens (tertiary/aromatic N) is 7. The average Bonchev–Trinajstić information content (AvgIpc) is 3.82. The normalized spacial score (nSPS) is 22.2. The van der Waals surface area contributed by atoms with Gasteiger partial charge in [0.1, 0.15) is 0 Å². The third kappa shape index (κ3) is 21.0. The van der Waals surface area contributed by atoms with E-state index in [0.717, 1.165) is 56.8 Å². The van der Waals surface area contributed by atoms with E-state index in [0.29, 0.717) is 12.0 Å². The zero-order valence-electron chi connectivity index (χ0n) is 37.5. The zero-order chi connectivity index (χ0) is 39.3. The monoisotopic (exact) mass is 831 g/mol. The van der Waals surface area contributed by atoms with Gasteiger partial charge in [-0.1, -0.05) is 39.3 Å². The maximum atomic E-state index is 3.99. The van der Waals surface area contributed by atoms with Gasteiger partial charge in [-0.15, -0.1) is 13.1 Å². The smallest absolute Gasteiger partial charge is 0.0492 e. The number of aromatic amines is 1. The predicted octanol–water partition coefficient (Wildman–Crippen LogP) is 6.77. The van der Waals surface area contributed by atoms with E-state index in [1.807, 2.05) is 19.3 Å². The summed E-state index contributed by atoms with van der Waals surface area (Å²) < 4.78 is 0. The molecule has 0 spiro atoms. The van der Waals surface area contributed by atoms with Crippen molar-refractivity contribution in [1.29, 1.82) is 0 Å². The molecule has 3 saturated heterocycles. The summed E-state index contributed by atoms with van der Waals surface area (Å²) >= 11 is 0. The summed E-state index contributed by atoms with van der Waals surface area (Å²) in [6.07, 6.45) is 13.5. The minimum absolute atomic E-state index is 0. The third-order valence-corrected chi connectivity index (χ3v) is 11.6. The molecule has 4 aliphatic rings. The number of nitrogens with one attached hydrogen (secondary N) is 2. The molecule has 10 heteroatoms. The molecule has 0 bridgehead atoms. The number of hydrogen-bond acceptors (Lipinski definition) is 8. The van der Waals surface area contributed by atoms with Crippen molar-refractivity contribution >= 4 is 0 Å². The molecule has 0 aromatic carbocycles. The van der Waals surface area contributed by atoms with Gasteiger partial charge in [-0.3, -0.25) is 20.8 Å². The van der Waals surface area contributed by atoms with Gasteiger partial charge in [0.2, 0.25) is 0 Å². The Morgan fingerprint density at radius 1 is 0.963 bits per heavy atom. The fourth-order valence-electron chi connectivity index (χ4n) is 8.13. The predicted molar refractivity (Wildman–Crippen MR) is 230 cm³/mol. The van der Waals surface area contributed by atoms with Gasteiger partial charge in [0.25, 0.3) is 0 Å². The van der Waals surface area contributed by atoms with Crippen LogP contribution in [0.2, 0.25) is 0 Å². The van der Waals surface area contributed by atoms with Crippen molar-refractivity contribution in [3.63, 3.8) is 0 Å². The van der Waals surface area contributed by atoms with Gasteiger partial charge in [-0.05, 0) is 138 Å². The van der Waals surface area contributed by atoms with Gasteiger partial charge < -0.3 is 31.8 Å². The van der Waals surface area contributed by atoms with E-state index in [4.69, 9.17) is 0 Å². The molecular formula is C44H87N9Y-2. The molecule has 0 aliphatic carbocycles. The second-order valence-corrected chi connectivity index (χ2v) is 17.7. The minimum Gasteiger partial charge on any atom is -0.360 e. The molecule has 9 nitrogen and oxygen atoms in total. The third-order valence-electron chi connectivity index (χ3n) is 11.6. The van der Waals surface area contributed by atoms with E-state index < -0.39 is 0 Å². The number of piperidine rings is 2. The van der Waals surface area contributed by atoms with Crippen LogP contribution in [0.15, 0.2) is 23.9 Å². The minimum atomic E-state index is 0. The van der Waals surface area contributed by atoms with Gasteiger partial charge in [-0.25, -0.2) is 0 Å². The van der Waals surface area contributed by atoms with E-state index in [1.54, 1.807) is 11.5 Å². The van der Waals surface area contributed by atoms with Gasteiger partial charge in [-0.2, -0.15) is 17.9 Å². The fourth-order valence-corrected chi connectivity index (χ4v) is 8.13. The molecular weight excluding hydrogens is 743 g/mol. The van der Waals surface area contributed by atoms with Crippen LogP contribution in [0.25, 0.3) is 0 Å². The SMILES string of the molecule is CC(C)C1=CCN(Cc2ccn[nH]2)CC1.CC(C)N1CCCC(CN(C)C)C1.CNC[C@H]1CCCN1C(C)C.[CH2-]CN(C[C-]1CCN(C)CC1)C(C)C.[Y]. The molecule has 3 fully saturated rings. The summed E-state index contributed by atoms with van der Waals surface area (Å²) in [7, 11) is 8.60. The second-order valence-electron chi connectivity index (χ2n) is 17.7. The van der Waals surface area contributed by atoms with Crippen LogP contribution < -0.4 is 5.32 Å². The van der Waals surface area contributed by atoms with Crippen LogP contribution in [-0.4, -0.2) is 164 Å². The molecule has 4 aliphatic heterocycles. The van der Waals surface area contributed by atoms with Crippen molar-refractivity contribution < 1.29 is 32.7 Å². The van der Waals surface area contributed by atoms with Crippen LogP contribution in [0.1, 0.15) is 106 Å². The Morgan fingerprint density at radius 2 is 1.65 bits per heavy atom. The summed E-state index contributed by atoms with van der Waals surface area (Å²) in [6.45, 7) is 36.3. The van der Waals surface area contributed by atoms with E-state index in [1.165, 1.54) is 96.5 Å². The fraction of sp³-hybridized carbons (Fsp3) is 0.841. The van der Waals surface area contributed by atoms with Crippen molar-refractivity contribution in [3.8, 4) is 0 Å². The first-order valence-electron chi connectivity index (χ1n) is 21.5. The zero-order valence-corrected chi connectivity index (χ0v) is 40.4. The standard InChI is InChI=1S/C12H19N3.C12H24N2.C11H24N2.C9H20N2.Y/c1-10(2)11-4-7-15(8-5-11)9-12-3-6-13-14-12;1-5-14(11(2)3)10-12-6-8-13(4)9-7-12;1-10(2)13-7-5-6-11(9-13)8-12(3)4;1-8(2)11-6-4-5-9(11)7-10-3;/h3-4,6,10H,5,7-9H2,1-2H3,(H,13,14);11H,1,5-10H2,2-4H3;10-11H,5-9H2,1-4H3;8-10H,4-7H2,1-3H3;/q;-2;;;/t;;;9-;/m...1./s1. The molecule has 2 atom stereocenters. The van der Waals surface area contributed by atoms with Gasteiger partial charge in [0.15, 0.2) is 0 Å². The van der Waals surface area contributed by atoms with E-state index in [9.17, 15) is 0 Å². The first-order valence-corrected chi connectivity index (χ1v) is 21.5. The topological polar surface area (TPSA) is 60.2 Å². The number of H-pyrrole nitrogens is 1. The summed E-state index contributed by atoms with van der Waals surface area (Å²) in [6, 6.07) is 4.90. The van der Waals surface area contributed by atoms with Crippen LogP contribution >= 0.6 is 0 Å². The molecule has 5 rings (SSSR count). The van der Waals surface area contributed by atoms with Crippen LogP contribution in [0, 0.1) is 24.7 Å². The summed E-state index contributed by atoms with van der Waals surface area (Å²) in [5, 5.41) is 10.2. The Hall–Kier alpha value is -0.226. The van der Waals surface area contributed by atoms with Crippen LogP contribution in [-0.2, 0) is 39.3 Å². The van der Waals surface area contributed by atoms with Crippen molar-refractivity contribution in [2.45, 2.75) is 131 Å². The van der Waals surface area contributed by atoms with Gasteiger partial charge >= 0.3 is 0 Å². The molecule has 1 radical (unpaired) electrons. The van der Waals surface area contributed by atoms with E-state index >= 15 is 0 Å². The molecule has 0 amide bonds. The van der Waals surface area contributed by atoms with Gasteiger partial charge in [0, 0.05) is 102 Å². The summed E-state index contributed by atoms with van der Waals surface area (Å²) in [5.41, 5.74) is 2.81. The van der Waals surface area contributed by atoms with Crippen molar-refractivity contribution in [3.05, 3.63) is 42.4 Å². The molecule has 0 saturated carbocycles. The molecule has 5 heterocycles. The average molecular weight is 831 g/mol. The Morgan fingerprint density at radius 3 is 2.15 bits per heavy atom. The van der Waals surface area contributed by atoms with Crippen LogP contribution in [0.4, 0.5) is 0 Å². The second kappa shape index (κ2) is 29.1. The van der Waals surface area contributed by atoms with Crippen LogP contribution in [0.5, 0.6) is 0 Å². The van der Waals surface area contributed by atoms with Crippen molar-refractivity contribution in [2.75, 3.05) is 100 Å². The maximum absolute atomic E-state index is 3.99. The molecule has 1 aromatic heterocycles. The number of likely N-dealkylation sites (N-methyl/N-ethyl adjacent to an activating group) is 1. The molecule has 1 unspecified atom stereocenters.